The molecule has 0 saturated heterocycles. The Balaban J connectivity index is 1.40. The Hall–Kier alpha value is -5.18. The van der Waals surface area contributed by atoms with Gasteiger partial charge in [-0.15, -0.1) is 11.3 Å². The Morgan fingerprint density at radius 1 is 1.02 bits per heavy atom. The zero-order valence-electron chi connectivity index (χ0n) is 30.4. The van der Waals surface area contributed by atoms with Gasteiger partial charge in [-0.3, -0.25) is 28.7 Å². The number of thiazole rings is 1. The van der Waals surface area contributed by atoms with Crippen LogP contribution in [-0.4, -0.2) is 73.7 Å². The van der Waals surface area contributed by atoms with Crippen molar-refractivity contribution < 1.29 is 28.4 Å². The summed E-state index contributed by atoms with van der Waals surface area (Å²) in [6.07, 6.45) is 0.947. The Labute approximate surface area is 306 Å². The van der Waals surface area contributed by atoms with Crippen LogP contribution in [0.2, 0.25) is 0 Å². The Morgan fingerprint density at radius 2 is 1.77 bits per heavy atom. The molecule has 15 heteroatoms. The van der Waals surface area contributed by atoms with E-state index in [2.05, 4.69) is 31.0 Å². The first-order chi connectivity index (χ1) is 24.8. The van der Waals surface area contributed by atoms with Crippen LogP contribution < -0.4 is 16.0 Å². The number of nitrogens with zero attached hydrogens (tertiary/aromatic N) is 5. The number of carbonyl (C=O) groups excluding carboxylic acids is 5. The highest BCUT2D eigenvalue weighted by Gasteiger charge is 2.29. The molecule has 276 valence electrons. The number of rotatable bonds is 7. The number of oxazole rings is 1. The molecule has 1 aliphatic rings. The van der Waals surface area contributed by atoms with Crippen LogP contribution in [0.3, 0.4) is 0 Å². The van der Waals surface area contributed by atoms with E-state index < -0.39 is 23.9 Å². The first kappa shape index (κ1) is 38.1. The standard InChI is InChI=1S/C37H46N8O6S/c1-21(2)32-37-40-28(20-52-37)34(49)38-15-18-44(30(48)14-17-45-23(4)31(24(5)46)22(3)43-45)16-10-13-29(47)39-27(19-26-11-8-7-9-12-26)36-42-33(25(6)51-36)35(50)41-32/h7-9,11-12,20-21,27,32H,10,13-19H2,1-6H3,(H,38,49)(H,39,47)(H,41,50)/t27-,32-/m0/s1. The summed E-state index contributed by atoms with van der Waals surface area (Å²) < 4.78 is 7.68. The van der Waals surface area contributed by atoms with Gasteiger partial charge in [0.1, 0.15) is 22.5 Å². The van der Waals surface area contributed by atoms with Gasteiger partial charge in [0.15, 0.2) is 11.5 Å². The van der Waals surface area contributed by atoms with Gasteiger partial charge in [0, 0.05) is 56.5 Å². The largest absolute Gasteiger partial charge is 0.443 e. The maximum absolute atomic E-state index is 13.6. The molecule has 4 heterocycles. The zero-order valence-corrected chi connectivity index (χ0v) is 31.3. The third-order valence-corrected chi connectivity index (χ3v) is 9.97. The average molecular weight is 731 g/mol. The molecular formula is C37H46N8O6S. The minimum atomic E-state index is -0.656. The highest BCUT2D eigenvalue weighted by molar-refractivity contribution is 7.09. The number of fused-ring (bicyclic) bond motifs is 4. The van der Waals surface area contributed by atoms with E-state index >= 15 is 0 Å². The van der Waals surface area contributed by atoms with Crippen molar-refractivity contribution in [2.24, 2.45) is 5.92 Å². The smallest absolute Gasteiger partial charge is 0.274 e. The van der Waals surface area contributed by atoms with Gasteiger partial charge in [-0.1, -0.05) is 44.2 Å². The highest BCUT2D eigenvalue weighted by atomic mass is 32.1. The number of aryl methyl sites for hydroxylation is 3. The number of ketones is 1. The summed E-state index contributed by atoms with van der Waals surface area (Å²) in [5.74, 6) is -0.935. The minimum Gasteiger partial charge on any atom is -0.443 e. The number of amides is 4. The maximum Gasteiger partial charge on any atom is 0.274 e. The van der Waals surface area contributed by atoms with E-state index in [1.54, 1.807) is 28.8 Å². The van der Waals surface area contributed by atoms with Crippen LogP contribution in [0.25, 0.3) is 0 Å². The van der Waals surface area contributed by atoms with E-state index in [1.807, 2.05) is 51.1 Å². The number of carbonyl (C=O) groups is 5. The summed E-state index contributed by atoms with van der Waals surface area (Å²) in [4.78, 5) is 76.5. The number of benzene rings is 1. The van der Waals surface area contributed by atoms with Gasteiger partial charge in [-0.25, -0.2) is 9.97 Å². The molecule has 1 aromatic carbocycles. The number of hydrogen-bond acceptors (Lipinski definition) is 10. The zero-order chi connectivity index (χ0) is 37.5. The molecule has 14 nitrogen and oxygen atoms in total. The van der Waals surface area contributed by atoms with Crippen molar-refractivity contribution in [3.05, 3.63) is 86.3 Å². The van der Waals surface area contributed by atoms with Crippen LogP contribution in [-0.2, 0) is 22.6 Å². The fraction of sp³-hybridized carbons (Fsp3) is 0.459. The molecule has 0 aliphatic carbocycles. The third kappa shape index (κ3) is 9.18. The van der Waals surface area contributed by atoms with Crippen molar-refractivity contribution >= 4 is 40.7 Å². The van der Waals surface area contributed by atoms with Gasteiger partial charge < -0.3 is 25.3 Å². The summed E-state index contributed by atoms with van der Waals surface area (Å²) in [6, 6.07) is 8.44. The summed E-state index contributed by atoms with van der Waals surface area (Å²) in [7, 11) is 0. The second-order valence-corrected chi connectivity index (χ2v) is 14.2. The molecule has 0 fully saturated rings. The van der Waals surface area contributed by atoms with Crippen LogP contribution in [0.5, 0.6) is 0 Å². The predicted molar refractivity (Wildman–Crippen MR) is 194 cm³/mol. The summed E-state index contributed by atoms with van der Waals surface area (Å²) in [5.41, 5.74) is 3.12. The molecule has 52 heavy (non-hydrogen) atoms. The summed E-state index contributed by atoms with van der Waals surface area (Å²) >= 11 is 1.27. The van der Waals surface area contributed by atoms with Crippen molar-refractivity contribution in [2.45, 2.75) is 85.9 Å². The quantitative estimate of drug-likeness (QED) is 0.232. The molecule has 3 aromatic heterocycles. The van der Waals surface area contributed by atoms with Crippen molar-refractivity contribution in [1.82, 2.24) is 40.6 Å². The lowest BCUT2D eigenvalue weighted by molar-refractivity contribution is -0.132. The Kier molecular flexibility index (Phi) is 12.4. The van der Waals surface area contributed by atoms with Gasteiger partial charge in [-0.05, 0) is 45.6 Å². The summed E-state index contributed by atoms with van der Waals surface area (Å²) in [6.45, 7) is 11.5. The second kappa shape index (κ2) is 16.9. The van der Waals surface area contributed by atoms with E-state index in [0.717, 1.165) is 5.56 Å². The van der Waals surface area contributed by atoms with Crippen molar-refractivity contribution in [2.75, 3.05) is 19.6 Å². The molecule has 0 radical (unpaired) electrons. The normalized spacial score (nSPS) is 17.8. The molecule has 0 spiro atoms. The van der Waals surface area contributed by atoms with Gasteiger partial charge in [0.05, 0.1) is 17.3 Å². The monoisotopic (exact) mass is 730 g/mol. The van der Waals surface area contributed by atoms with Crippen LogP contribution in [0.1, 0.15) is 117 Å². The van der Waals surface area contributed by atoms with Crippen LogP contribution in [0.4, 0.5) is 0 Å². The highest BCUT2D eigenvalue weighted by Crippen LogP contribution is 2.27. The molecule has 0 unspecified atom stereocenters. The number of aromatic nitrogens is 4. The molecule has 4 amide bonds. The van der Waals surface area contributed by atoms with E-state index in [4.69, 9.17) is 4.42 Å². The molecule has 4 aromatic rings. The minimum absolute atomic E-state index is 0.0660. The Bertz CT molecular complexity index is 1930. The summed E-state index contributed by atoms with van der Waals surface area (Å²) in [5, 5.41) is 15.6. The number of hydrogen-bond donors (Lipinski definition) is 3. The molecule has 4 bridgehead atoms. The second-order valence-electron chi connectivity index (χ2n) is 13.3. The van der Waals surface area contributed by atoms with Crippen LogP contribution in [0, 0.1) is 26.7 Å². The molecule has 3 N–H and O–H groups in total. The van der Waals surface area contributed by atoms with E-state index in [0.29, 0.717) is 40.6 Å². The molecule has 5 rings (SSSR count). The molecule has 2 atom stereocenters. The molecular weight excluding hydrogens is 685 g/mol. The van der Waals surface area contributed by atoms with Gasteiger partial charge >= 0.3 is 0 Å². The maximum atomic E-state index is 13.6. The van der Waals surface area contributed by atoms with Crippen LogP contribution in [0.15, 0.2) is 40.1 Å². The lowest BCUT2D eigenvalue weighted by Crippen LogP contribution is -2.40. The van der Waals surface area contributed by atoms with Crippen molar-refractivity contribution in [3.63, 3.8) is 0 Å². The Morgan fingerprint density at radius 3 is 2.46 bits per heavy atom. The predicted octanol–water partition coefficient (Wildman–Crippen LogP) is 4.43. The van der Waals surface area contributed by atoms with Crippen molar-refractivity contribution in [3.8, 4) is 0 Å². The fourth-order valence-corrected chi connectivity index (χ4v) is 7.34. The van der Waals surface area contributed by atoms with Gasteiger partial charge in [0.25, 0.3) is 11.8 Å². The molecule has 0 saturated carbocycles. The lowest BCUT2D eigenvalue weighted by Gasteiger charge is -2.23. The van der Waals surface area contributed by atoms with Crippen LogP contribution >= 0.6 is 11.3 Å². The van der Waals surface area contributed by atoms with E-state index in [9.17, 15) is 24.0 Å². The fourth-order valence-electron chi connectivity index (χ4n) is 6.32. The first-order valence-corrected chi connectivity index (χ1v) is 18.4. The SMILES string of the molecule is CC(=O)c1c(C)nn(CCC(=O)N2CCCC(=O)N[C@@H](Cc3ccccc3)c3nc(c(C)o3)C(=O)N[C@@H](C(C)C)c3nc(cs3)C(=O)NCC2)c1C. The lowest BCUT2D eigenvalue weighted by atomic mass is 10.0. The molecule has 1 aliphatic heterocycles. The van der Waals surface area contributed by atoms with Gasteiger partial charge in [-0.2, -0.15) is 5.10 Å². The third-order valence-electron chi connectivity index (χ3n) is 9.04. The van der Waals surface area contributed by atoms with E-state index in [1.165, 1.54) is 18.3 Å². The van der Waals surface area contributed by atoms with Crippen molar-refractivity contribution in [1.29, 1.82) is 0 Å². The number of nitrogens with one attached hydrogen (secondary N) is 3. The topological polar surface area (TPSA) is 181 Å². The van der Waals surface area contributed by atoms with Gasteiger partial charge in [0.2, 0.25) is 17.7 Å². The first-order valence-electron chi connectivity index (χ1n) is 17.5. The average Bonchev–Trinajstić information content (AvgIpc) is 3.81. The number of Topliss-reactive ketones (excluding diaryl/α,β-unsaturated/α-hetero) is 1. The van der Waals surface area contributed by atoms with E-state index in [-0.39, 0.29) is 79.8 Å².